The standard InChI is InChI=1S/C11H11BrN2S/c12-9-5-11(15-8-9)7-13-6-10-3-1-2-4-14-10/h1-5,8,13H,6-7H2. The topological polar surface area (TPSA) is 24.9 Å². The summed E-state index contributed by atoms with van der Waals surface area (Å²) in [6.45, 7) is 1.71. The number of halogens is 1. The summed E-state index contributed by atoms with van der Waals surface area (Å²) in [7, 11) is 0. The minimum absolute atomic E-state index is 0.816. The zero-order valence-electron chi connectivity index (χ0n) is 8.11. The van der Waals surface area contributed by atoms with E-state index in [9.17, 15) is 0 Å². The summed E-state index contributed by atoms with van der Waals surface area (Å²) in [6.07, 6.45) is 1.82. The highest BCUT2D eigenvalue weighted by Crippen LogP contribution is 2.19. The Balaban J connectivity index is 1.80. The van der Waals surface area contributed by atoms with Gasteiger partial charge in [-0.25, -0.2) is 0 Å². The third-order valence-corrected chi connectivity index (χ3v) is 3.65. The number of hydrogen-bond acceptors (Lipinski definition) is 3. The zero-order chi connectivity index (χ0) is 10.5. The maximum absolute atomic E-state index is 4.25. The lowest BCUT2D eigenvalue weighted by Gasteiger charge is -2.01. The number of nitrogens with zero attached hydrogens (tertiary/aromatic N) is 1. The van der Waals surface area contributed by atoms with E-state index in [0.29, 0.717) is 0 Å². The lowest BCUT2D eigenvalue weighted by atomic mass is 10.3. The second-order valence-electron chi connectivity index (χ2n) is 3.16. The van der Waals surface area contributed by atoms with Gasteiger partial charge in [0.25, 0.3) is 0 Å². The van der Waals surface area contributed by atoms with Gasteiger partial charge in [0.05, 0.1) is 5.69 Å². The van der Waals surface area contributed by atoms with Crippen molar-refractivity contribution < 1.29 is 0 Å². The Bertz CT molecular complexity index is 414. The van der Waals surface area contributed by atoms with Gasteiger partial charge in [0.2, 0.25) is 0 Å². The van der Waals surface area contributed by atoms with Crippen LogP contribution in [0.5, 0.6) is 0 Å². The van der Waals surface area contributed by atoms with Crippen LogP contribution in [0.3, 0.4) is 0 Å². The van der Waals surface area contributed by atoms with Gasteiger partial charge in [0.1, 0.15) is 0 Å². The molecule has 4 heteroatoms. The van der Waals surface area contributed by atoms with Gasteiger partial charge in [-0.1, -0.05) is 6.07 Å². The predicted molar refractivity (Wildman–Crippen MR) is 66.8 cm³/mol. The number of thiophene rings is 1. The third-order valence-electron chi connectivity index (χ3n) is 1.95. The summed E-state index contributed by atoms with van der Waals surface area (Å²) in [4.78, 5) is 5.58. The summed E-state index contributed by atoms with van der Waals surface area (Å²) in [6, 6.07) is 8.10. The monoisotopic (exact) mass is 282 g/mol. The van der Waals surface area contributed by atoms with Crippen LogP contribution in [0.25, 0.3) is 0 Å². The molecule has 0 saturated heterocycles. The van der Waals surface area contributed by atoms with Gasteiger partial charge in [0.15, 0.2) is 0 Å². The van der Waals surface area contributed by atoms with Crippen LogP contribution in [0.1, 0.15) is 10.6 Å². The van der Waals surface area contributed by atoms with Gasteiger partial charge in [-0.05, 0) is 34.1 Å². The largest absolute Gasteiger partial charge is 0.306 e. The van der Waals surface area contributed by atoms with Crippen molar-refractivity contribution in [3.63, 3.8) is 0 Å². The van der Waals surface area contributed by atoms with Crippen LogP contribution in [0.2, 0.25) is 0 Å². The molecule has 0 amide bonds. The molecule has 2 aromatic heterocycles. The Morgan fingerprint density at radius 2 is 2.27 bits per heavy atom. The van der Waals surface area contributed by atoms with E-state index in [2.05, 4.69) is 37.7 Å². The lowest BCUT2D eigenvalue weighted by molar-refractivity contribution is 0.686. The Morgan fingerprint density at radius 3 is 2.93 bits per heavy atom. The molecule has 15 heavy (non-hydrogen) atoms. The van der Waals surface area contributed by atoms with E-state index >= 15 is 0 Å². The average Bonchev–Trinajstić information content (AvgIpc) is 2.66. The molecule has 0 fully saturated rings. The summed E-state index contributed by atoms with van der Waals surface area (Å²) >= 11 is 5.19. The van der Waals surface area contributed by atoms with E-state index in [1.807, 2.05) is 24.4 Å². The molecular weight excluding hydrogens is 272 g/mol. The van der Waals surface area contributed by atoms with Crippen molar-refractivity contribution in [3.8, 4) is 0 Å². The molecule has 2 rings (SSSR count). The van der Waals surface area contributed by atoms with Crippen LogP contribution >= 0.6 is 27.3 Å². The van der Waals surface area contributed by atoms with Crippen molar-refractivity contribution >= 4 is 27.3 Å². The van der Waals surface area contributed by atoms with Crippen molar-refractivity contribution in [1.82, 2.24) is 10.3 Å². The molecule has 0 aliphatic rings. The maximum atomic E-state index is 4.25. The molecule has 2 heterocycles. The molecule has 0 atom stereocenters. The van der Waals surface area contributed by atoms with Crippen LogP contribution in [-0.4, -0.2) is 4.98 Å². The fourth-order valence-electron chi connectivity index (χ4n) is 1.26. The minimum atomic E-state index is 0.816. The molecule has 0 aromatic carbocycles. The van der Waals surface area contributed by atoms with Gasteiger partial charge >= 0.3 is 0 Å². The lowest BCUT2D eigenvalue weighted by Crippen LogP contribution is -2.12. The Kier molecular flexibility index (Phi) is 3.88. The number of pyridine rings is 1. The first-order valence-corrected chi connectivity index (χ1v) is 6.35. The quantitative estimate of drug-likeness (QED) is 0.932. The number of aromatic nitrogens is 1. The molecule has 0 spiro atoms. The van der Waals surface area contributed by atoms with Crippen molar-refractivity contribution in [2.75, 3.05) is 0 Å². The fourth-order valence-corrected chi connectivity index (χ4v) is 2.68. The fraction of sp³-hybridized carbons (Fsp3) is 0.182. The van der Waals surface area contributed by atoms with E-state index in [1.54, 1.807) is 11.3 Å². The highest BCUT2D eigenvalue weighted by atomic mass is 79.9. The third kappa shape index (κ3) is 3.41. The van der Waals surface area contributed by atoms with Crippen molar-refractivity contribution in [1.29, 1.82) is 0 Å². The molecule has 2 nitrogen and oxygen atoms in total. The molecule has 0 aliphatic carbocycles. The molecule has 0 bridgehead atoms. The Morgan fingerprint density at radius 1 is 1.33 bits per heavy atom. The van der Waals surface area contributed by atoms with Gasteiger partial charge in [-0.15, -0.1) is 11.3 Å². The molecule has 0 saturated carbocycles. The van der Waals surface area contributed by atoms with Gasteiger partial charge < -0.3 is 5.32 Å². The van der Waals surface area contributed by atoms with Crippen LogP contribution in [-0.2, 0) is 13.1 Å². The highest BCUT2D eigenvalue weighted by Gasteiger charge is 1.97. The molecule has 0 aliphatic heterocycles. The van der Waals surface area contributed by atoms with Gasteiger partial charge in [-0.3, -0.25) is 4.98 Å². The van der Waals surface area contributed by atoms with Crippen LogP contribution < -0.4 is 5.32 Å². The molecular formula is C11H11BrN2S. The van der Waals surface area contributed by atoms with E-state index in [-0.39, 0.29) is 0 Å². The van der Waals surface area contributed by atoms with Crippen LogP contribution in [0.4, 0.5) is 0 Å². The van der Waals surface area contributed by atoms with E-state index < -0.39 is 0 Å². The van der Waals surface area contributed by atoms with Crippen LogP contribution in [0.15, 0.2) is 40.3 Å². The Hall–Kier alpha value is -0.710. The Labute approximate surface area is 101 Å². The van der Waals surface area contributed by atoms with E-state index in [1.165, 1.54) is 4.88 Å². The van der Waals surface area contributed by atoms with Gasteiger partial charge in [-0.2, -0.15) is 0 Å². The first-order valence-electron chi connectivity index (χ1n) is 4.68. The summed E-state index contributed by atoms with van der Waals surface area (Å²) in [5, 5.41) is 5.45. The van der Waals surface area contributed by atoms with Crippen LogP contribution in [0, 0.1) is 0 Å². The molecule has 1 N–H and O–H groups in total. The first kappa shape index (κ1) is 10.8. The first-order chi connectivity index (χ1) is 7.34. The van der Waals surface area contributed by atoms with Gasteiger partial charge in [0, 0.05) is 34.0 Å². The second kappa shape index (κ2) is 5.39. The number of hydrogen-bond donors (Lipinski definition) is 1. The SMILES string of the molecule is Brc1csc(CNCc2ccccn2)c1. The molecule has 0 radical (unpaired) electrons. The molecule has 2 aromatic rings. The maximum Gasteiger partial charge on any atom is 0.0541 e. The van der Waals surface area contributed by atoms with E-state index in [4.69, 9.17) is 0 Å². The van der Waals surface area contributed by atoms with Crippen molar-refractivity contribution in [2.24, 2.45) is 0 Å². The second-order valence-corrected chi connectivity index (χ2v) is 5.07. The number of nitrogens with one attached hydrogen (secondary N) is 1. The predicted octanol–water partition coefficient (Wildman–Crippen LogP) is 3.20. The average molecular weight is 283 g/mol. The highest BCUT2D eigenvalue weighted by molar-refractivity contribution is 9.10. The number of rotatable bonds is 4. The summed E-state index contributed by atoms with van der Waals surface area (Å²) in [5.41, 5.74) is 1.08. The summed E-state index contributed by atoms with van der Waals surface area (Å²) < 4.78 is 1.15. The van der Waals surface area contributed by atoms with Crippen molar-refractivity contribution in [2.45, 2.75) is 13.1 Å². The molecule has 78 valence electrons. The zero-order valence-corrected chi connectivity index (χ0v) is 10.5. The van der Waals surface area contributed by atoms with E-state index in [0.717, 1.165) is 23.3 Å². The molecule has 0 unspecified atom stereocenters. The normalized spacial score (nSPS) is 10.5. The minimum Gasteiger partial charge on any atom is -0.306 e. The van der Waals surface area contributed by atoms with Crippen molar-refractivity contribution in [3.05, 3.63) is 50.9 Å². The summed E-state index contributed by atoms with van der Waals surface area (Å²) in [5.74, 6) is 0. The smallest absolute Gasteiger partial charge is 0.0541 e.